The van der Waals surface area contributed by atoms with E-state index in [0.717, 1.165) is 55.9 Å². The highest BCUT2D eigenvalue weighted by Crippen LogP contribution is 2.25. The van der Waals surface area contributed by atoms with Crippen LogP contribution in [-0.2, 0) is 0 Å². The van der Waals surface area contributed by atoms with E-state index in [1.807, 2.05) is 30.3 Å². The minimum absolute atomic E-state index is 0.0992. The molecule has 8 heteroatoms. The molecule has 1 unspecified atom stereocenters. The largest absolute Gasteiger partial charge is 0.345 e. The van der Waals surface area contributed by atoms with Gasteiger partial charge in [-0.3, -0.25) is 25.0 Å². The van der Waals surface area contributed by atoms with Crippen molar-refractivity contribution >= 4 is 17.3 Å². The molecule has 2 aromatic rings. The van der Waals surface area contributed by atoms with Crippen molar-refractivity contribution < 1.29 is 14.6 Å². The molecule has 0 spiro atoms. The molecule has 0 saturated heterocycles. The van der Waals surface area contributed by atoms with Gasteiger partial charge >= 0.3 is 0 Å². The first-order chi connectivity index (χ1) is 13.9. The van der Waals surface area contributed by atoms with Gasteiger partial charge in [0.05, 0.1) is 27.5 Å². The SMILES string of the molecule is CCCCCCCC(NC(=O)c1cc([N+](=O)[O-])cc([N+](=O)[O-])c1)c1ccccc1. The van der Waals surface area contributed by atoms with Crippen LogP contribution in [0.25, 0.3) is 0 Å². The minimum atomic E-state index is -0.744. The van der Waals surface area contributed by atoms with Gasteiger partial charge in [0.15, 0.2) is 0 Å². The molecule has 0 aliphatic carbocycles. The monoisotopic (exact) mass is 399 g/mol. The van der Waals surface area contributed by atoms with Gasteiger partial charge in [-0.05, 0) is 12.0 Å². The second-order valence-electron chi connectivity index (χ2n) is 6.89. The molecule has 29 heavy (non-hydrogen) atoms. The number of hydrogen-bond acceptors (Lipinski definition) is 5. The number of amides is 1. The van der Waals surface area contributed by atoms with Gasteiger partial charge in [0.25, 0.3) is 17.3 Å². The molecule has 0 aromatic heterocycles. The van der Waals surface area contributed by atoms with Gasteiger partial charge in [-0.2, -0.15) is 0 Å². The Kier molecular flexibility index (Phi) is 8.27. The molecule has 1 N–H and O–H groups in total. The Bertz CT molecular complexity index is 822. The van der Waals surface area contributed by atoms with E-state index in [2.05, 4.69) is 12.2 Å². The van der Waals surface area contributed by atoms with Gasteiger partial charge in [0.1, 0.15) is 0 Å². The molecule has 0 aliphatic rings. The molecular weight excluding hydrogens is 374 g/mol. The standard InChI is InChI=1S/C21H25N3O5/c1-2-3-4-5-9-12-20(16-10-7-6-8-11-16)22-21(25)17-13-18(23(26)27)15-19(14-17)24(28)29/h6-8,10-11,13-15,20H,2-5,9,12H2,1H3,(H,22,25). The lowest BCUT2D eigenvalue weighted by molar-refractivity contribution is -0.394. The summed E-state index contributed by atoms with van der Waals surface area (Å²) >= 11 is 0. The summed E-state index contributed by atoms with van der Waals surface area (Å²) in [6, 6.07) is 12.2. The average molecular weight is 399 g/mol. The smallest absolute Gasteiger partial charge is 0.277 e. The van der Waals surface area contributed by atoms with E-state index in [0.29, 0.717) is 0 Å². The number of nitro benzene ring substituents is 2. The normalized spacial score (nSPS) is 11.6. The maximum Gasteiger partial charge on any atom is 0.277 e. The van der Waals surface area contributed by atoms with Crippen LogP contribution >= 0.6 is 0 Å². The summed E-state index contributed by atoms with van der Waals surface area (Å²) in [4.78, 5) is 33.4. The molecule has 2 aromatic carbocycles. The Morgan fingerprint density at radius 3 is 2.07 bits per heavy atom. The van der Waals surface area contributed by atoms with Gasteiger partial charge in [-0.15, -0.1) is 0 Å². The van der Waals surface area contributed by atoms with E-state index in [-0.39, 0.29) is 11.6 Å². The maximum atomic E-state index is 12.8. The van der Waals surface area contributed by atoms with Crippen molar-refractivity contribution in [3.8, 4) is 0 Å². The van der Waals surface area contributed by atoms with Crippen LogP contribution in [0.4, 0.5) is 11.4 Å². The first-order valence-electron chi connectivity index (χ1n) is 9.72. The first-order valence-corrected chi connectivity index (χ1v) is 9.72. The van der Waals surface area contributed by atoms with Crippen molar-refractivity contribution in [2.45, 2.75) is 51.5 Å². The van der Waals surface area contributed by atoms with E-state index < -0.39 is 27.1 Å². The van der Waals surface area contributed by atoms with Crippen molar-refractivity contribution in [3.05, 3.63) is 79.9 Å². The number of unbranched alkanes of at least 4 members (excludes halogenated alkanes) is 4. The van der Waals surface area contributed by atoms with Crippen LogP contribution in [0.5, 0.6) is 0 Å². The third-order valence-corrected chi connectivity index (χ3v) is 4.69. The highest BCUT2D eigenvalue weighted by Gasteiger charge is 2.22. The summed E-state index contributed by atoms with van der Waals surface area (Å²) in [6.45, 7) is 2.14. The van der Waals surface area contributed by atoms with E-state index in [1.54, 1.807) is 0 Å². The number of nitrogens with zero attached hydrogens (tertiary/aromatic N) is 2. The predicted molar refractivity (Wildman–Crippen MR) is 110 cm³/mol. The van der Waals surface area contributed by atoms with Crippen molar-refractivity contribution in [1.82, 2.24) is 5.32 Å². The van der Waals surface area contributed by atoms with Crippen molar-refractivity contribution in [2.75, 3.05) is 0 Å². The average Bonchev–Trinajstić information content (AvgIpc) is 2.72. The quantitative estimate of drug-likeness (QED) is 0.311. The molecule has 0 radical (unpaired) electrons. The Morgan fingerprint density at radius 1 is 0.931 bits per heavy atom. The number of nitro groups is 2. The lowest BCUT2D eigenvalue weighted by Gasteiger charge is -2.19. The van der Waals surface area contributed by atoms with Crippen molar-refractivity contribution in [1.29, 1.82) is 0 Å². The summed E-state index contributed by atoms with van der Waals surface area (Å²) in [5, 5.41) is 25.0. The van der Waals surface area contributed by atoms with Gasteiger partial charge < -0.3 is 5.32 Å². The molecular formula is C21H25N3O5. The fourth-order valence-corrected chi connectivity index (χ4v) is 3.14. The Balaban J connectivity index is 2.20. The molecule has 0 aliphatic heterocycles. The first kappa shape index (κ1) is 22.0. The fourth-order valence-electron chi connectivity index (χ4n) is 3.14. The molecule has 0 heterocycles. The molecule has 8 nitrogen and oxygen atoms in total. The molecule has 1 amide bonds. The van der Waals surface area contributed by atoms with Crippen LogP contribution in [0.1, 0.15) is 67.4 Å². The van der Waals surface area contributed by atoms with E-state index in [9.17, 15) is 25.0 Å². The number of carbonyl (C=O) groups is 1. The second-order valence-corrected chi connectivity index (χ2v) is 6.89. The molecule has 2 rings (SSSR count). The molecule has 0 bridgehead atoms. The Morgan fingerprint density at radius 2 is 1.52 bits per heavy atom. The minimum Gasteiger partial charge on any atom is -0.345 e. The number of benzene rings is 2. The van der Waals surface area contributed by atoms with E-state index >= 15 is 0 Å². The zero-order chi connectivity index (χ0) is 21.2. The second kappa shape index (κ2) is 10.9. The molecule has 0 saturated carbocycles. The summed E-state index contributed by atoms with van der Waals surface area (Å²) in [6.07, 6.45) is 6.13. The summed E-state index contributed by atoms with van der Waals surface area (Å²) in [5.74, 6) is -0.570. The molecule has 1 atom stereocenters. The number of non-ortho nitro benzene ring substituents is 2. The zero-order valence-corrected chi connectivity index (χ0v) is 16.4. The lowest BCUT2D eigenvalue weighted by Crippen LogP contribution is -2.28. The highest BCUT2D eigenvalue weighted by molar-refractivity contribution is 5.95. The number of rotatable bonds is 11. The van der Waals surface area contributed by atoms with Gasteiger partial charge in [0.2, 0.25) is 0 Å². The zero-order valence-electron chi connectivity index (χ0n) is 16.4. The van der Waals surface area contributed by atoms with Crippen LogP contribution in [0, 0.1) is 20.2 Å². The Labute approximate surface area is 169 Å². The third-order valence-electron chi connectivity index (χ3n) is 4.69. The Hall–Kier alpha value is -3.29. The van der Waals surface area contributed by atoms with Crippen molar-refractivity contribution in [2.24, 2.45) is 0 Å². The van der Waals surface area contributed by atoms with Gasteiger partial charge in [-0.1, -0.05) is 69.4 Å². The summed E-state index contributed by atoms with van der Waals surface area (Å²) in [5.41, 5.74) is -0.144. The number of carbonyl (C=O) groups excluding carboxylic acids is 1. The van der Waals surface area contributed by atoms with Crippen LogP contribution < -0.4 is 5.32 Å². The van der Waals surface area contributed by atoms with Crippen LogP contribution in [0.2, 0.25) is 0 Å². The highest BCUT2D eigenvalue weighted by atomic mass is 16.6. The van der Waals surface area contributed by atoms with Crippen LogP contribution in [0.15, 0.2) is 48.5 Å². The predicted octanol–water partition coefficient (Wildman–Crippen LogP) is 5.33. The van der Waals surface area contributed by atoms with E-state index in [1.165, 1.54) is 6.42 Å². The van der Waals surface area contributed by atoms with Crippen molar-refractivity contribution in [3.63, 3.8) is 0 Å². The number of hydrogen-bond donors (Lipinski definition) is 1. The molecule has 154 valence electrons. The fraction of sp³-hybridized carbons (Fsp3) is 0.381. The lowest BCUT2D eigenvalue weighted by atomic mass is 9.99. The summed E-state index contributed by atoms with van der Waals surface area (Å²) in [7, 11) is 0. The van der Waals surface area contributed by atoms with Gasteiger partial charge in [0, 0.05) is 12.1 Å². The van der Waals surface area contributed by atoms with Gasteiger partial charge in [-0.25, -0.2) is 0 Å². The number of nitrogens with one attached hydrogen (secondary N) is 1. The molecule has 0 fully saturated rings. The van der Waals surface area contributed by atoms with Crippen LogP contribution in [-0.4, -0.2) is 15.8 Å². The summed E-state index contributed by atoms with van der Waals surface area (Å²) < 4.78 is 0. The topological polar surface area (TPSA) is 115 Å². The van der Waals surface area contributed by atoms with Crippen LogP contribution in [0.3, 0.4) is 0 Å². The third kappa shape index (κ3) is 6.67. The van der Waals surface area contributed by atoms with E-state index in [4.69, 9.17) is 0 Å². The maximum absolute atomic E-state index is 12.8.